The summed E-state index contributed by atoms with van der Waals surface area (Å²) in [7, 11) is 1.32. The summed E-state index contributed by atoms with van der Waals surface area (Å²) < 4.78 is 17.2. The van der Waals surface area contributed by atoms with Gasteiger partial charge in [0, 0.05) is 12.3 Å². The Morgan fingerprint density at radius 2 is 1.62 bits per heavy atom. The molecule has 2 amide bonds. The Morgan fingerprint density at radius 1 is 0.979 bits per heavy atom. The van der Waals surface area contributed by atoms with Crippen molar-refractivity contribution in [2.45, 2.75) is 70.2 Å². The lowest BCUT2D eigenvalue weighted by Crippen LogP contribution is -2.47. The number of nitrogens with zero attached hydrogens (tertiary/aromatic N) is 2. The second kappa shape index (κ2) is 13.9. The number of rotatable bonds is 9. The molecule has 1 aromatic heterocycles. The number of nitrogens with one attached hydrogen (secondary N) is 1. The third-order valence-corrected chi connectivity index (χ3v) is 9.87. The number of amides is 2. The Hall–Kier alpha value is -4.54. The molecule has 48 heavy (non-hydrogen) atoms. The van der Waals surface area contributed by atoms with Crippen LogP contribution in [0.25, 0.3) is 21.6 Å². The number of carbonyl (C=O) groups excluding carboxylic acids is 3. The van der Waals surface area contributed by atoms with Gasteiger partial charge in [-0.05, 0) is 61.1 Å². The van der Waals surface area contributed by atoms with Crippen LogP contribution in [0.15, 0.2) is 78.3 Å². The lowest BCUT2D eigenvalue weighted by Gasteiger charge is -2.26. The van der Waals surface area contributed by atoms with Crippen LogP contribution in [0.5, 0.6) is 0 Å². The normalized spacial score (nSPS) is 17.8. The Balaban J connectivity index is 1.21. The lowest BCUT2D eigenvalue weighted by atomic mass is 9.98. The first-order valence-electron chi connectivity index (χ1n) is 16.2. The highest BCUT2D eigenvalue weighted by Gasteiger charge is 2.43. The molecule has 3 atom stereocenters. The molecule has 4 aromatic rings. The van der Waals surface area contributed by atoms with Gasteiger partial charge in [0.1, 0.15) is 12.6 Å². The van der Waals surface area contributed by atoms with Crippen LogP contribution >= 0.6 is 11.3 Å². The van der Waals surface area contributed by atoms with E-state index in [2.05, 4.69) is 34.6 Å². The van der Waals surface area contributed by atoms with Gasteiger partial charge >= 0.3 is 12.1 Å². The van der Waals surface area contributed by atoms with Crippen molar-refractivity contribution in [2.24, 2.45) is 0 Å². The number of carbonyl (C=O) groups is 3. The fraction of sp³-hybridized carbons (Fsp3) is 0.368. The molecule has 1 fully saturated rings. The zero-order chi connectivity index (χ0) is 34.0. The number of hydrogen-bond donors (Lipinski definition) is 1. The van der Waals surface area contributed by atoms with Crippen molar-refractivity contribution in [3.05, 3.63) is 101 Å². The number of fused-ring (bicyclic) bond motifs is 3. The van der Waals surface area contributed by atoms with Crippen LogP contribution < -0.4 is 5.32 Å². The van der Waals surface area contributed by atoms with Gasteiger partial charge in [-0.15, -0.1) is 11.3 Å². The smallest absolute Gasteiger partial charge is 0.410 e. The van der Waals surface area contributed by atoms with E-state index >= 15 is 0 Å². The number of benzene rings is 3. The molecule has 0 saturated carbocycles. The number of likely N-dealkylation sites (tertiary alicyclic amines) is 1. The maximum absolute atomic E-state index is 14.0. The van der Waals surface area contributed by atoms with Crippen LogP contribution in [0.4, 0.5) is 4.79 Å². The number of thiazole rings is 1. The highest BCUT2D eigenvalue weighted by atomic mass is 32.1. The van der Waals surface area contributed by atoms with Crippen LogP contribution in [0.3, 0.4) is 0 Å². The summed E-state index contributed by atoms with van der Waals surface area (Å²) in [5.74, 6) is -0.963. The molecule has 1 N–H and O–H groups in total. The van der Waals surface area contributed by atoms with Gasteiger partial charge in [-0.25, -0.2) is 9.78 Å². The molecular weight excluding hydrogens is 627 g/mol. The summed E-state index contributed by atoms with van der Waals surface area (Å²) in [6.07, 6.45) is -0.726. The molecule has 0 bridgehead atoms. The largest absolute Gasteiger partial charge is 0.469 e. The van der Waals surface area contributed by atoms with Crippen molar-refractivity contribution in [3.8, 4) is 21.6 Å². The average Bonchev–Trinajstić information content (AvgIpc) is 3.78. The van der Waals surface area contributed by atoms with E-state index in [1.165, 1.54) is 12.0 Å². The highest BCUT2D eigenvalue weighted by Crippen LogP contribution is 2.44. The van der Waals surface area contributed by atoms with Gasteiger partial charge in [-0.3, -0.25) is 14.5 Å². The van der Waals surface area contributed by atoms with Crippen LogP contribution in [-0.2, 0) is 23.8 Å². The minimum absolute atomic E-state index is 0.0687. The molecule has 2 heterocycles. The van der Waals surface area contributed by atoms with Crippen molar-refractivity contribution in [1.29, 1.82) is 0 Å². The molecule has 6 rings (SSSR count). The van der Waals surface area contributed by atoms with E-state index in [9.17, 15) is 14.4 Å². The molecule has 0 spiro atoms. The SMILES string of the molecule is COC(=O)C[C@H](NC(=O)[C@@H]1C[C@H](OC(C)(C)C)CN1C(=O)OCC1c2ccccc2-c2ccccc21)c1ccc(-c2scnc2C)cc1. The number of aryl methyl sites for hydroxylation is 1. The fourth-order valence-corrected chi connectivity index (χ4v) is 7.54. The molecule has 0 radical (unpaired) electrons. The molecule has 2 aliphatic rings. The van der Waals surface area contributed by atoms with Crippen LogP contribution in [0.2, 0.25) is 0 Å². The molecule has 10 heteroatoms. The number of hydrogen-bond acceptors (Lipinski definition) is 8. The minimum atomic E-state index is -0.854. The van der Waals surface area contributed by atoms with E-state index in [1.807, 2.05) is 76.2 Å². The van der Waals surface area contributed by atoms with Gasteiger partial charge in [-0.2, -0.15) is 0 Å². The van der Waals surface area contributed by atoms with E-state index in [4.69, 9.17) is 14.2 Å². The van der Waals surface area contributed by atoms with Crippen molar-refractivity contribution in [2.75, 3.05) is 20.3 Å². The molecule has 0 unspecified atom stereocenters. The van der Waals surface area contributed by atoms with E-state index in [1.54, 1.807) is 16.8 Å². The summed E-state index contributed by atoms with van der Waals surface area (Å²) in [4.78, 5) is 47.2. The summed E-state index contributed by atoms with van der Waals surface area (Å²) in [6, 6.07) is 22.5. The van der Waals surface area contributed by atoms with E-state index in [0.29, 0.717) is 6.42 Å². The van der Waals surface area contributed by atoms with Gasteiger partial charge in [-0.1, -0.05) is 72.8 Å². The predicted molar refractivity (Wildman–Crippen MR) is 185 cm³/mol. The van der Waals surface area contributed by atoms with E-state index < -0.39 is 29.7 Å². The number of aromatic nitrogens is 1. The highest BCUT2D eigenvalue weighted by molar-refractivity contribution is 7.13. The fourth-order valence-electron chi connectivity index (χ4n) is 6.73. The van der Waals surface area contributed by atoms with Crippen molar-refractivity contribution < 1.29 is 28.6 Å². The van der Waals surface area contributed by atoms with Crippen molar-refractivity contribution >= 4 is 29.3 Å². The molecule has 1 aliphatic heterocycles. The van der Waals surface area contributed by atoms with Gasteiger partial charge in [0.2, 0.25) is 5.91 Å². The molecule has 1 aliphatic carbocycles. The Bertz CT molecular complexity index is 1750. The summed E-state index contributed by atoms with van der Waals surface area (Å²) in [6.45, 7) is 8.14. The molecule has 3 aromatic carbocycles. The second-order valence-electron chi connectivity index (χ2n) is 13.3. The first-order valence-corrected chi connectivity index (χ1v) is 17.1. The van der Waals surface area contributed by atoms with E-state index in [-0.39, 0.29) is 37.5 Å². The Labute approximate surface area is 285 Å². The van der Waals surface area contributed by atoms with Crippen LogP contribution in [-0.4, -0.2) is 65.9 Å². The van der Waals surface area contributed by atoms with Gasteiger partial charge < -0.3 is 19.5 Å². The average molecular weight is 668 g/mol. The topological polar surface area (TPSA) is 107 Å². The Morgan fingerprint density at radius 3 is 2.21 bits per heavy atom. The third-order valence-electron chi connectivity index (χ3n) is 8.89. The quantitative estimate of drug-likeness (QED) is 0.191. The second-order valence-corrected chi connectivity index (χ2v) is 14.1. The van der Waals surface area contributed by atoms with Gasteiger partial charge in [0.25, 0.3) is 0 Å². The standard InChI is InChI=1S/C38H41N3O6S/c1-23-35(48-22-39-23)25-16-14-24(15-17-25)32(19-34(42)45-5)40-36(43)33-18-26(47-38(2,3)4)20-41(33)37(44)46-21-31-29-12-8-6-10-27(29)28-11-7-9-13-30(28)31/h6-17,22,26,31-33H,18-21H2,1-5H3,(H,40,43)/t26-,32-,33-/m0/s1. The number of ether oxygens (including phenoxy) is 3. The maximum atomic E-state index is 14.0. The number of methoxy groups -OCH3 is 1. The first kappa shape index (κ1) is 33.4. The van der Waals surface area contributed by atoms with Gasteiger partial charge in [0.05, 0.1) is 53.9 Å². The Kier molecular flexibility index (Phi) is 9.66. The summed E-state index contributed by atoms with van der Waals surface area (Å²) >= 11 is 1.55. The van der Waals surface area contributed by atoms with Crippen LogP contribution in [0.1, 0.15) is 68.0 Å². The summed E-state index contributed by atoms with van der Waals surface area (Å²) in [5, 5.41) is 3.04. The van der Waals surface area contributed by atoms with E-state index in [0.717, 1.165) is 44.0 Å². The number of esters is 1. The summed E-state index contributed by atoms with van der Waals surface area (Å²) in [5.41, 5.74) is 8.50. The molecular formula is C38H41N3O6S. The molecule has 9 nitrogen and oxygen atoms in total. The first-order chi connectivity index (χ1) is 23.0. The van der Waals surface area contributed by atoms with Crippen molar-refractivity contribution in [1.82, 2.24) is 15.2 Å². The zero-order valence-electron chi connectivity index (χ0n) is 27.9. The maximum Gasteiger partial charge on any atom is 0.410 e. The van der Waals surface area contributed by atoms with Crippen molar-refractivity contribution in [3.63, 3.8) is 0 Å². The monoisotopic (exact) mass is 667 g/mol. The predicted octanol–water partition coefficient (Wildman–Crippen LogP) is 7.05. The molecule has 250 valence electrons. The van der Waals surface area contributed by atoms with Gasteiger partial charge in [0.15, 0.2) is 0 Å². The lowest BCUT2D eigenvalue weighted by molar-refractivity contribution is -0.141. The molecule has 1 saturated heterocycles. The zero-order valence-corrected chi connectivity index (χ0v) is 28.7. The minimum Gasteiger partial charge on any atom is -0.469 e. The third kappa shape index (κ3) is 7.15. The van der Waals surface area contributed by atoms with Crippen LogP contribution in [0, 0.1) is 6.92 Å².